The van der Waals surface area contributed by atoms with Crippen molar-refractivity contribution in [2.24, 2.45) is 0 Å². The fraction of sp³-hybridized carbons (Fsp3) is 0.803. The number of rotatable bonds is 54. The summed E-state index contributed by atoms with van der Waals surface area (Å²) < 4.78 is 34.5. The Morgan fingerprint density at radius 2 is 0.803 bits per heavy atom. The van der Waals surface area contributed by atoms with E-state index in [1.807, 2.05) is 21.1 Å². The molecule has 0 heterocycles. The Labute approximate surface area is 438 Å². The lowest BCUT2D eigenvalue weighted by Gasteiger charge is -2.24. The number of unbranched alkanes of at least 4 members (excludes halogenated alkanes) is 30. The molecular weight excluding hydrogens is 906 g/mol. The fourth-order valence-corrected chi connectivity index (χ4v) is 8.98. The molecule has 0 aromatic rings. The zero-order valence-corrected chi connectivity index (χ0v) is 47.9. The van der Waals surface area contributed by atoms with Crippen LogP contribution >= 0.6 is 7.82 Å². The van der Waals surface area contributed by atoms with Crippen LogP contribution in [0.4, 0.5) is 0 Å². The first-order valence-corrected chi connectivity index (χ1v) is 31.0. The predicted octanol–water partition coefficient (Wildman–Crippen LogP) is 18.3. The minimum absolute atomic E-state index is 0.0311. The molecule has 0 bridgehead atoms. The summed E-state index contributed by atoms with van der Waals surface area (Å²) in [6, 6.07) is 0. The first-order valence-electron chi connectivity index (χ1n) is 29.5. The molecule has 0 fully saturated rings. The molecule has 0 aromatic carbocycles. The second-order valence-corrected chi connectivity index (χ2v) is 22.5. The molecule has 9 nitrogen and oxygen atoms in total. The van der Waals surface area contributed by atoms with Gasteiger partial charge in [0.2, 0.25) is 0 Å². The minimum atomic E-state index is -4.38. The van der Waals surface area contributed by atoms with Gasteiger partial charge in [0.05, 0.1) is 27.7 Å². The third-order valence-electron chi connectivity index (χ3n) is 12.8. The number of esters is 2. The highest BCUT2D eigenvalue weighted by molar-refractivity contribution is 7.47. The smallest absolute Gasteiger partial charge is 0.462 e. The second kappa shape index (κ2) is 52.6. The molecule has 10 heteroatoms. The fourth-order valence-electron chi connectivity index (χ4n) is 8.24. The largest absolute Gasteiger partial charge is 0.472 e. The number of hydrogen-bond acceptors (Lipinski definition) is 7. The van der Waals surface area contributed by atoms with Crippen molar-refractivity contribution in [3.05, 3.63) is 60.8 Å². The highest BCUT2D eigenvalue weighted by Gasteiger charge is 2.27. The number of carbonyl (C=O) groups is 2. The number of hydrogen-bond donors (Lipinski definition) is 1. The van der Waals surface area contributed by atoms with E-state index < -0.39 is 26.5 Å². The van der Waals surface area contributed by atoms with Crippen molar-refractivity contribution >= 4 is 19.8 Å². The molecule has 2 unspecified atom stereocenters. The summed E-state index contributed by atoms with van der Waals surface area (Å²) in [4.78, 5) is 35.6. The lowest BCUT2D eigenvalue weighted by atomic mass is 10.0. The summed E-state index contributed by atoms with van der Waals surface area (Å²) in [7, 11) is 1.48. The van der Waals surface area contributed by atoms with Gasteiger partial charge in [0.15, 0.2) is 6.10 Å². The Bertz CT molecular complexity index is 1380. The Balaban J connectivity index is 3.95. The Morgan fingerprint density at radius 3 is 1.21 bits per heavy atom. The standard InChI is InChI=1S/C61H112NO8P/c1-6-8-10-12-14-16-18-20-21-22-23-24-25-26-27-28-29-30-31-32-33-34-35-36-37-38-39-40-41-42-44-46-48-50-52-54-61(64)70-59(58-69-71(65,66)68-56-55-62(3,4)5)57-67-60(63)53-51-49-47-45-43-19-17-15-13-11-9-7-2/h8,10,14-17,20-21,23-24,59H,6-7,9,11-13,18-19,22,25-58H2,1-5H3/p+1/b10-8-,16-14-,17-15-,21-20-,24-23-. The van der Waals surface area contributed by atoms with Crippen LogP contribution in [0.5, 0.6) is 0 Å². The van der Waals surface area contributed by atoms with Gasteiger partial charge in [-0.1, -0.05) is 235 Å². The first-order chi connectivity index (χ1) is 34.5. The van der Waals surface area contributed by atoms with Crippen LogP contribution in [0, 0.1) is 0 Å². The maximum Gasteiger partial charge on any atom is 0.472 e. The van der Waals surface area contributed by atoms with Gasteiger partial charge in [-0.15, -0.1) is 0 Å². The van der Waals surface area contributed by atoms with E-state index in [9.17, 15) is 19.0 Å². The van der Waals surface area contributed by atoms with Gasteiger partial charge in [-0.2, -0.15) is 0 Å². The van der Waals surface area contributed by atoms with E-state index in [-0.39, 0.29) is 32.0 Å². The van der Waals surface area contributed by atoms with Crippen LogP contribution in [0.3, 0.4) is 0 Å². The molecule has 2 atom stereocenters. The van der Waals surface area contributed by atoms with E-state index in [0.717, 1.165) is 77.0 Å². The molecule has 0 aliphatic carbocycles. The zero-order valence-electron chi connectivity index (χ0n) is 47.0. The highest BCUT2D eigenvalue weighted by atomic mass is 31.2. The second-order valence-electron chi connectivity index (χ2n) is 21.0. The molecule has 0 aliphatic rings. The summed E-state index contributed by atoms with van der Waals surface area (Å²) in [6.45, 7) is 4.30. The van der Waals surface area contributed by atoms with Crippen molar-refractivity contribution in [2.45, 2.75) is 270 Å². The normalized spacial score (nSPS) is 13.7. The molecule has 0 aromatic heterocycles. The van der Waals surface area contributed by atoms with Crippen molar-refractivity contribution in [3.8, 4) is 0 Å². The molecule has 0 amide bonds. The molecule has 0 aliphatic heterocycles. The molecule has 0 spiro atoms. The molecule has 71 heavy (non-hydrogen) atoms. The number of carbonyl (C=O) groups excluding carboxylic acids is 2. The number of likely N-dealkylation sites (N-methyl/N-ethyl adjacent to an activating group) is 1. The predicted molar refractivity (Wildman–Crippen MR) is 303 cm³/mol. The SMILES string of the molecule is CC/C=C\C/C=C\C/C=C\C/C=C\CCCCCCCCCCCCCCCCCCCCCCCCC(=O)OC(COC(=O)CCCCCCC/C=C\CCCCC)COP(=O)(O)OCC[N+](C)(C)C. The Morgan fingerprint density at radius 1 is 0.451 bits per heavy atom. The van der Waals surface area contributed by atoms with Gasteiger partial charge in [-0.05, 0) is 77.0 Å². The van der Waals surface area contributed by atoms with E-state index >= 15 is 0 Å². The van der Waals surface area contributed by atoms with Crippen LogP contribution in [0.2, 0.25) is 0 Å². The van der Waals surface area contributed by atoms with Crippen molar-refractivity contribution < 1.29 is 42.1 Å². The molecule has 414 valence electrons. The maximum absolute atomic E-state index is 12.8. The van der Waals surface area contributed by atoms with Gasteiger partial charge in [-0.3, -0.25) is 18.6 Å². The lowest BCUT2D eigenvalue weighted by molar-refractivity contribution is -0.870. The topological polar surface area (TPSA) is 108 Å². The number of quaternary nitrogens is 1. The number of allylic oxidation sites excluding steroid dienone is 10. The quantitative estimate of drug-likeness (QED) is 0.0211. The van der Waals surface area contributed by atoms with Crippen LogP contribution in [0.1, 0.15) is 264 Å². The molecule has 0 radical (unpaired) electrons. The Hall–Kier alpha value is -2.29. The monoisotopic (exact) mass is 1020 g/mol. The molecule has 0 saturated carbocycles. The summed E-state index contributed by atoms with van der Waals surface area (Å²) in [6.07, 6.45) is 67.4. The summed E-state index contributed by atoms with van der Waals surface area (Å²) in [5.74, 6) is -0.800. The number of nitrogens with zero attached hydrogens (tertiary/aromatic N) is 1. The van der Waals surface area contributed by atoms with E-state index in [1.54, 1.807) is 0 Å². The van der Waals surface area contributed by atoms with Gasteiger partial charge in [0.1, 0.15) is 19.8 Å². The van der Waals surface area contributed by atoms with Crippen LogP contribution in [0.15, 0.2) is 60.8 Å². The highest BCUT2D eigenvalue weighted by Crippen LogP contribution is 2.43. The average Bonchev–Trinajstić information content (AvgIpc) is 3.33. The van der Waals surface area contributed by atoms with Gasteiger partial charge >= 0.3 is 19.8 Å². The van der Waals surface area contributed by atoms with E-state index in [0.29, 0.717) is 17.4 Å². The zero-order chi connectivity index (χ0) is 52.0. The van der Waals surface area contributed by atoms with Crippen LogP contribution in [-0.2, 0) is 32.7 Å². The summed E-state index contributed by atoms with van der Waals surface area (Å²) in [5.41, 5.74) is 0. The molecule has 1 N–H and O–H groups in total. The summed E-state index contributed by atoms with van der Waals surface area (Å²) >= 11 is 0. The van der Waals surface area contributed by atoms with E-state index in [4.69, 9.17) is 18.5 Å². The molecule has 0 saturated heterocycles. The molecule has 0 rings (SSSR count). The number of phosphoric acid groups is 1. The van der Waals surface area contributed by atoms with Gasteiger partial charge < -0.3 is 18.9 Å². The average molecular weight is 1020 g/mol. The molecular formula is C61H113NO8P+. The van der Waals surface area contributed by atoms with E-state index in [1.165, 1.54) is 154 Å². The van der Waals surface area contributed by atoms with Crippen molar-refractivity contribution in [3.63, 3.8) is 0 Å². The maximum atomic E-state index is 12.8. The van der Waals surface area contributed by atoms with Gasteiger partial charge in [0.25, 0.3) is 0 Å². The van der Waals surface area contributed by atoms with E-state index in [2.05, 4.69) is 74.6 Å². The van der Waals surface area contributed by atoms with Crippen molar-refractivity contribution in [2.75, 3.05) is 47.5 Å². The van der Waals surface area contributed by atoms with Crippen LogP contribution in [0.25, 0.3) is 0 Å². The van der Waals surface area contributed by atoms with Crippen molar-refractivity contribution in [1.29, 1.82) is 0 Å². The lowest BCUT2D eigenvalue weighted by Crippen LogP contribution is -2.37. The number of phosphoric ester groups is 1. The first kappa shape index (κ1) is 68.7. The summed E-state index contributed by atoms with van der Waals surface area (Å²) in [5, 5.41) is 0. The Kier molecular flexibility index (Phi) is 50.9. The van der Waals surface area contributed by atoms with Crippen molar-refractivity contribution in [1.82, 2.24) is 0 Å². The number of ether oxygens (including phenoxy) is 2. The third kappa shape index (κ3) is 56.9. The minimum Gasteiger partial charge on any atom is -0.462 e. The van der Waals surface area contributed by atoms with Crippen LogP contribution < -0.4 is 0 Å². The van der Waals surface area contributed by atoms with Gasteiger partial charge in [-0.25, -0.2) is 4.57 Å². The third-order valence-corrected chi connectivity index (χ3v) is 13.8. The van der Waals surface area contributed by atoms with Crippen LogP contribution in [-0.4, -0.2) is 74.9 Å². The van der Waals surface area contributed by atoms with Gasteiger partial charge in [0, 0.05) is 12.8 Å².